The zero-order valence-corrected chi connectivity index (χ0v) is 52.4. The van der Waals surface area contributed by atoms with Gasteiger partial charge in [-0.3, -0.25) is 0 Å². The van der Waals surface area contributed by atoms with E-state index in [1.54, 1.807) is 28.4 Å². The average molecular weight is 1180 g/mol. The highest BCUT2D eigenvalue weighted by molar-refractivity contribution is 5.47. The van der Waals surface area contributed by atoms with E-state index in [0.717, 1.165) is 81.4 Å². The van der Waals surface area contributed by atoms with Crippen LogP contribution in [0, 0.1) is 13.8 Å². The molecule has 0 aliphatic heterocycles. The summed E-state index contributed by atoms with van der Waals surface area (Å²) in [5.74, 6) is 6.18. The molecule has 6 aromatic carbocycles. The van der Waals surface area contributed by atoms with Gasteiger partial charge in [-0.2, -0.15) is 0 Å². The van der Waals surface area contributed by atoms with E-state index in [0.29, 0.717) is 101 Å². The van der Waals surface area contributed by atoms with E-state index in [4.69, 9.17) is 47.4 Å². The first kappa shape index (κ1) is 74.9. The molecule has 0 saturated heterocycles. The van der Waals surface area contributed by atoms with Gasteiger partial charge in [-0.1, -0.05) is 142 Å². The Kier molecular flexibility index (Phi) is 35.5. The van der Waals surface area contributed by atoms with Gasteiger partial charge in [-0.05, 0) is 122 Å². The van der Waals surface area contributed by atoms with Crippen molar-refractivity contribution in [1.29, 1.82) is 0 Å². The zero-order valence-electron chi connectivity index (χ0n) is 52.4. The lowest BCUT2D eigenvalue weighted by atomic mass is 9.81. The second-order valence-electron chi connectivity index (χ2n) is 21.6. The molecule has 0 saturated carbocycles. The van der Waals surface area contributed by atoms with Crippen molar-refractivity contribution in [3.63, 3.8) is 0 Å². The van der Waals surface area contributed by atoms with Gasteiger partial charge >= 0.3 is 0 Å². The summed E-state index contributed by atoms with van der Waals surface area (Å²) >= 11 is 0. The number of aliphatic hydroxyl groups excluding tert-OH is 3. The van der Waals surface area contributed by atoms with E-state index < -0.39 is 0 Å². The maximum absolute atomic E-state index is 9.69. The minimum absolute atomic E-state index is 0. The number of hydrogen-bond acceptors (Lipinski definition) is 13. The van der Waals surface area contributed by atoms with Crippen LogP contribution in [0.4, 0.5) is 0 Å². The average Bonchev–Trinajstić information content (AvgIpc) is 3.71. The Labute approximate surface area is 511 Å². The molecule has 0 aromatic heterocycles. The molecule has 0 aliphatic carbocycles. The zero-order chi connectivity index (χ0) is 60.7. The van der Waals surface area contributed by atoms with Crippen molar-refractivity contribution >= 4 is 0 Å². The minimum Gasteiger partial charge on any atom is -0.490 e. The van der Waals surface area contributed by atoms with Crippen LogP contribution in [0.15, 0.2) is 109 Å². The molecular formula is C72H106O13. The van der Waals surface area contributed by atoms with Crippen LogP contribution in [-0.2, 0) is 64.0 Å². The second kappa shape index (κ2) is 40.3. The summed E-state index contributed by atoms with van der Waals surface area (Å²) in [4.78, 5) is 0. The molecule has 0 fully saturated rings. The Morgan fingerprint density at radius 3 is 0.976 bits per heavy atom. The smallest absolute Gasteiger partial charge is 0.130 e. The van der Waals surface area contributed by atoms with Crippen molar-refractivity contribution < 1.29 is 62.7 Å². The Morgan fingerprint density at radius 2 is 0.694 bits per heavy atom. The molecule has 3 atom stereocenters. The molecule has 0 radical (unpaired) electrons. The molecule has 85 heavy (non-hydrogen) atoms. The fraction of sp³-hybridized carbons (Fsp3) is 0.500. The number of rotatable bonds is 33. The predicted molar refractivity (Wildman–Crippen MR) is 345 cm³/mol. The highest BCUT2D eigenvalue weighted by Crippen LogP contribution is 2.33. The molecular weight excluding hydrogens is 1070 g/mol. The maximum Gasteiger partial charge on any atom is 0.130 e. The van der Waals surface area contributed by atoms with Gasteiger partial charge in [0.25, 0.3) is 0 Å². The molecule has 0 heterocycles. The summed E-state index contributed by atoms with van der Waals surface area (Å²) in [5, 5.41) is 28.7. The fourth-order valence-electron chi connectivity index (χ4n) is 9.34. The van der Waals surface area contributed by atoms with Gasteiger partial charge in [-0.25, -0.2) is 0 Å². The first-order valence-electron chi connectivity index (χ1n) is 29.3. The molecule has 13 heteroatoms. The van der Waals surface area contributed by atoms with Crippen LogP contribution in [0.2, 0.25) is 0 Å². The summed E-state index contributed by atoms with van der Waals surface area (Å²) < 4.78 is 56.8. The third-order valence-corrected chi connectivity index (χ3v) is 14.8. The normalized spacial score (nSPS) is 12.2. The second-order valence-corrected chi connectivity index (χ2v) is 21.6. The number of benzene rings is 6. The Morgan fingerprint density at radius 1 is 0.400 bits per heavy atom. The van der Waals surface area contributed by atoms with Crippen molar-refractivity contribution in [3.05, 3.63) is 176 Å². The van der Waals surface area contributed by atoms with Crippen molar-refractivity contribution in [2.75, 3.05) is 74.7 Å². The first-order valence-corrected chi connectivity index (χ1v) is 29.3. The van der Waals surface area contributed by atoms with E-state index in [9.17, 15) is 15.3 Å². The molecule has 6 rings (SSSR count). The lowest BCUT2D eigenvalue weighted by molar-refractivity contribution is 0.163. The number of aryl methyl sites for hydroxylation is 2. The predicted octanol–water partition coefficient (Wildman–Crippen LogP) is 15.7. The van der Waals surface area contributed by atoms with E-state index in [1.165, 1.54) is 22.3 Å². The van der Waals surface area contributed by atoms with Crippen LogP contribution in [0.3, 0.4) is 0 Å². The van der Waals surface area contributed by atoms with E-state index in [2.05, 4.69) is 111 Å². The monoisotopic (exact) mass is 1180 g/mol. The SMILES string of the molecule is C.C.CCC(C)(CO)c1ccc(OCCOc2c(COC)cc(C(C)C)cc2COC)cc1.CCC(C)c1ccc(OCCOc2c(CO)cc(C)cc2CO)cc1.CCC(C)c1ccc(OCCOc2c(COC)cc(C)cc2COC)cc1. The van der Waals surface area contributed by atoms with Gasteiger partial charge < -0.3 is 62.7 Å². The van der Waals surface area contributed by atoms with Gasteiger partial charge in [0.15, 0.2) is 0 Å². The molecule has 6 aromatic rings. The lowest BCUT2D eigenvalue weighted by Gasteiger charge is -2.26. The Balaban J connectivity index is 0.000000432. The van der Waals surface area contributed by atoms with Crippen LogP contribution in [0.25, 0.3) is 0 Å². The third-order valence-electron chi connectivity index (χ3n) is 14.8. The highest BCUT2D eigenvalue weighted by atomic mass is 16.5. The lowest BCUT2D eigenvalue weighted by Crippen LogP contribution is -2.25. The first-order chi connectivity index (χ1) is 40.0. The van der Waals surface area contributed by atoms with Crippen molar-refractivity contribution in [1.82, 2.24) is 0 Å². The van der Waals surface area contributed by atoms with Crippen LogP contribution in [-0.4, -0.2) is 90.0 Å². The van der Waals surface area contributed by atoms with Crippen LogP contribution in [0.1, 0.15) is 174 Å². The van der Waals surface area contributed by atoms with Crippen molar-refractivity contribution in [2.45, 2.75) is 166 Å². The Hall–Kier alpha value is -6.16. The van der Waals surface area contributed by atoms with Crippen molar-refractivity contribution in [3.8, 4) is 34.5 Å². The van der Waals surface area contributed by atoms with E-state index in [-0.39, 0.29) is 40.1 Å². The largest absolute Gasteiger partial charge is 0.490 e. The number of hydrogen-bond donors (Lipinski definition) is 3. The Bertz CT molecular complexity index is 2670. The molecule has 0 aliphatic rings. The number of ether oxygens (including phenoxy) is 10. The minimum atomic E-state index is -0.223. The molecule has 0 amide bonds. The summed E-state index contributed by atoms with van der Waals surface area (Å²) in [6.07, 6.45) is 3.13. The number of methoxy groups -OCH3 is 4. The molecule has 3 N–H and O–H groups in total. The summed E-state index contributed by atoms with van der Waals surface area (Å²) in [6, 6.07) is 36.6. The fourth-order valence-corrected chi connectivity index (χ4v) is 9.34. The summed E-state index contributed by atoms with van der Waals surface area (Å²) in [6.45, 7) is 25.7. The van der Waals surface area contributed by atoms with Crippen LogP contribution >= 0.6 is 0 Å². The van der Waals surface area contributed by atoms with Crippen LogP contribution in [0.5, 0.6) is 34.5 Å². The quantitative estimate of drug-likeness (QED) is 0.0335. The standard InChI is InChI=1S/C26H38O5.C23H32O4.C21H28O4.2CH4/c1-7-26(4,18-27)23-8-10-24(11-9-23)30-12-13-31-25-21(16-28-5)14-20(19(2)3)15-22(25)17-29-6;1-6-18(3)19-7-9-22(10-8-19)26-11-12-27-23-20(15-24-4)13-17(2)14-21(23)16-25-5;1-4-16(3)17-5-7-20(8-6-17)24-9-10-25-21-18(13-22)11-15(2)12-19(21)14-23;;/h8-11,14-15,19,27H,7,12-13,16-18H2,1-6H3;7-10,13-14,18H,6,11-12,15-16H2,1-5H3;5-8,11-12,16,22-23H,4,9-10,13-14H2,1-3H3;2*1H4. The summed E-state index contributed by atoms with van der Waals surface area (Å²) in [5.41, 5.74) is 12.4. The van der Waals surface area contributed by atoms with E-state index in [1.807, 2.05) is 67.6 Å². The van der Waals surface area contributed by atoms with Crippen molar-refractivity contribution in [2.24, 2.45) is 0 Å². The third kappa shape index (κ3) is 23.9. The van der Waals surface area contributed by atoms with Gasteiger partial charge in [0, 0.05) is 67.2 Å². The van der Waals surface area contributed by atoms with Gasteiger partial charge in [-0.15, -0.1) is 0 Å². The maximum atomic E-state index is 9.69. The molecule has 0 bridgehead atoms. The summed E-state index contributed by atoms with van der Waals surface area (Å²) in [7, 11) is 6.76. The molecule has 0 spiro atoms. The van der Waals surface area contributed by atoms with Gasteiger partial charge in [0.2, 0.25) is 0 Å². The molecule has 13 nitrogen and oxygen atoms in total. The van der Waals surface area contributed by atoms with Crippen LogP contribution < -0.4 is 28.4 Å². The molecule has 3 unspecified atom stereocenters. The molecule has 472 valence electrons. The highest BCUT2D eigenvalue weighted by Gasteiger charge is 2.23. The van der Waals surface area contributed by atoms with E-state index >= 15 is 0 Å². The van der Waals surface area contributed by atoms with Gasteiger partial charge in [0.1, 0.15) is 74.1 Å². The topological polar surface area (TPSA) is 153 Å². The van der Waals surface area contributed by atoms with Gasteiger partial charge in [0.05, 0.1) is 46.2 Å². The number of aliphatic hydroxyl groups is 3.